The summed E-state index contributed by atoms with van der Waals surface area (Å²) in [6, 6.07) is 14.4. The third kappa shape index (κ3) is 7.63. The van der Waals surface area contributed by atoms with Crippen LogP contribution in [0.4, 0.5) is 0 Å². The quantitative estimate of drug-likeness (QED) is 0.655. The molecule has 2 aromatic rings. The highest BCUT2D eigenvalue weighted by atomic mass is 16.5. The predicted octanol–water partition coefficient (Wildman–Crippen LogP) is 4.10. The van der Waals surface area contributed by atoms with Gasteiger partial charge in [0, 0.05) is 12.1 Å². The Morgan fingerprint density at radius 2 is 1.74 bits per heavy atom. The first-order valence-electron chi connectivity index (χ1n) is 10.6. The largest absolute Gasteiger partial charge is 0.497 e. The van der Waals surface area contributed by atoms with Gasteiger partial charge in [0.05, 0.1) is 7.11 Å². The zero-order valence-electron chi connectivity index (χ0n) is 19.4. The van der Waals surface area contributed by atoms with Crippen LogP contribution >= 0.6 is 0 Å². The molecule has 6 nitrogen and oxygen atoms in total. The number of ether oxygens (including phenoxy) is 2. The molecular weight excluding hydrogens is 392 g/mol. The molecule has 31 heavy (non-hydrogen) atoms. The van der Waals surface area contributed by atoms with Gasteiger partial charge in [0.2, 0.25) is 5.91 Å². The van der Waals surface area contributed by atoms with Crippen molar-refractivity contribution in [3.8, 4) is 11.5 Å². The molecule has 0 radical (unpaired) electrons. The molecule has 6 heteroatoms. The fraction of sp³-hybridized carbons (Fsp3) is 0.440. The first-order valence-corrected chi connectivity index (χ1v) is 10.6. The van der Waals surface area contributed by atoms with E-state index in [1.54, 1.807) is 12.0 Å². The molecule has 2 amide bonds. The maximum absolute atomic E-state index is 13.2. The smallest absolute Gasteiger partial charge is 0.261 e. The zero-order valence-corrected chi connectivity index (χ0v) is 19.4. The molecule has 0 saturated carbocycles. The summed E-state index contributed by atoms with van der Waals surface area (Å²) in [6.07, 6.45) is 0.494. The Hall–Kier alpha value is -3.02. The van der Waals surface area contributed by atoms with Crippen molar-refractivity contribution in [3.05, 3.63) is 59.7 Å². The second kappa shape index (κ2) is 10.8. The average molecular weight is 427 g/mol. The van der Waals surface area contributed by atoms with E-state index in [2.05, 4.69) is 5.32 Å². The molecule has 1 atom stereocenters. The summed E-state index contributed by atoms with van der Waals surface area (Å²) in [5.74, 6) is 0.951. The molecule has 0 fully saturated rings. The fourth-order valence-corrected chi connectivity index (χ4v) is 3.23. The number of nitrogens with zero attached hydrogens (tertiary/aromatic N) is 1. The standard InChI is InChI=1S/C25H34N2O4/c1-7-22(24(29)26-25(3,4)5)27(16-19-11-13-20(30-6)14-12-19)23(28)17-31-21-10-8-9-18(2)15-21/h8-15,22H,7,16-17H2,1-6H3,(H,26,29)/t22-/m1/s1. The number of rotatable bonds is 9. The van der Waals surface area contributed by atoms with Crippen LogP contribution in [0.1, 0.15) is 45.2 Å². The number of methoxy groups -OCH3 is 1. The molecule has 0 saturated heterocycles. The number of aryl methyl sites for hydroxylation is 1. The number of benzene rings is 2. The van der Waals surface area contributed by atoms with E-state index in [-0.39, 0.29) is 18.4 Å². The summed E-state index contributed by atoms with van der Waals surface area (Å²) in [5.41, 5.74) is 1.57. The second-order valence-electron chi connectivity index (χ2n) is 8.64. The van der Waals surface area contributed by atoms with E-state index >= 15 is 0 Å². The lowest BCUT2D eigenvalue weighted by Gasteiger charge is -2.33. The van der Waals surface area contributed by atoms with E-state index in [0.29, 0.717) is 18.7 Å². The predicted molar refractivity (Wildman–Crippen MR) is 122 cm³/mol. The third-order valence-electron chi connectivity index (χ3n) is 4.75. The minimum Gasteiger partial charge on any atom is -0.497 e. The van der Waals surface area contributed by atoms with Gasteiger partial charge in [-0.1, -0.05) is 31.2 Å². The van der Waals surface area contributed by atoms with Gasteiger partial charge in [0.25, 0.3) is 5.91 Å². The van der Waals surface area contributed by atoms with Gasteiger partial charge in [-0.3, -0.25) is 9.59 Å². The number of amides is 2. The van der Waals surface area contributed by atoms with Gasteiger partial charge in [0.1, 0.15) is 17.5 Å². The molecule has 0 heterocycles. The van der Waals surface area contributed by atoms with Crippen molar-refractivity contribution in [2.24, 2.45) is 0 Å². The van der Waals surface area contributed by atoms with Crippen molar-refractivity contribution < 1.29 is 19.1 Å². The lowest BCUT2D eigenvalue weighted by molar-refractivity contribution is -0.143. The highest BCUT2D eigenvalue weighted by Crippen LogP contribution is 2.18. The Kier molecular flexibility index (Phi) is 8.48. The first kappa shape index (κ1) is 24.3. The minimum absolute atomic E-state index is 0.140. The van der Waals surface area contributed by atoms with Crippen LogP contribution < -0.4 is 14.8 Å². The van der Waals surface area contributed by atoms with Gasteiger partial charge >= 0.3 is 0 Å². The lowest BCUT2D eigenvalue weighted by Crippen LogP contribution is -2.54. The monoisotopic (exact) mass is 426 g/mol. The molecule has 0 unspecified atom stereocenters. The molecule has 1 N–H and O–H groups in total. The van der Waals surface area contributed by atoms with E-state index in [1.807, 2.05) is 83.1 Å². The van der Waals surface area contributed by atoms with Crippen molar-refractivity contribution in [2.75, 3.05) is 13.7 Å². The van der Waals surface area contributed by atoms with E-state index < -0.39 is 11.6 Å². The Morgan fingerprint density at radius 3 is 2.29 bits per heavy atom. The molecule has 2 aromatic carbocycles. The molecule has 2 rings (SSSR count). The lowest BCUT2D eigenvalue weighted by atomic mass is 10.1. The number of nitrogens with one attached hydrogen (secondary N) is 1. The van der Waals surface area contributed by atoms with Crippen LogP contribution in [-0.2, 0) is 16.1 Å². The van der Waals surface area contributed by atoms with Crippen LogP contribution in [0.2, 0.25) is 0 Å². The number of hydrogen-bond acceptors (Lipinski definition) is 4. The van der Waals surface area contributed by atoms with E-state index in [1.165, 1.54) is 0 Å². The van der Waals surface area contributed by atoms with Gasteiger partial charge in [-0.15, -0.1) is 0 Å². The van der Waals surface area contributed by atoms with E-state index in [0.717, 1.165) is 16.9 Å². The first-order chi connectivity index (χ1) is 14.6. The van der Waals surface area contributed by atoms with E-state index in [9.17, 15) is 9.59 Å². The minimum atomic E-state index is -0.602. The number of carbonyl (C=O) groups excluding carboxylic acids is 2. The summed E-state index contributed by atoms with van der Waals surface area (Å²) in [6.45, 7) is 9.81. The summed E-state index contributed by atoms with van der Waals surface area (Å²) < 4.78 is 11.0. The van der Waals surface area contributed by atoms with Gasteiger partial charge in [0.15, 0.2) is 6.61 Å². The Bertz CT molecular complexity index is 872. The molecular formula is C25H34N2O4. The maximum atomic E-state index is 13.2. The summed E-state index contributed by atoms with van der Waals surface area (Å²) >= 11 is 0. The highest BCUT2D eigenvalue weighted by molar-refractivity contribution is 5.88. The molecule has 0 bridgehead atoms. The van der Waals surface area contributed by atoms with Crippen molar-refractivity contribution in [1.29, 1.82) is 0 Å². The Labute approximate surface area is 185 Å². The average Bonchev–Trinajstić information content (AvgIpc) is 2.71. The fourth-order valence-electron chi connectivity index (χ4n) is 3.23. The van der Waals surface area contributed by atoms with Gasteiger partial charge in [-0.25, -0.2) is 0 Å². The number of carbonyl (C=O) groups is 2. The van der Waals surface area contributed by atoms with E-state index in [4.69, 9.17) is 9.47 Å². The van der Waals surface area contributed by atoms with Crippen LogP contribution in [-0.4, -0.2) is 42.0 Å². The van der Waals surface area contributed by atoms with Crippen molar-refractivity contribution >= 4 is 11.8 Å². The molecule has 0 aliphatic rings. The van der Waals surface area contributed by atoms with Crippen molar-refractivity contribution in [1.82, 2.24) is 10.2 Å². The molecule has 0 aliphatic heterocycles. The molecule has 0 aliphatic carbocycles. The molecule has 0 spiro atoms. The maximum Gasteiger partial charge on any atom is 0.261 e. The van der Waals surface area contributed by atoms with Gasteiger partial charge < -0.3 is 19.7 Å². The van der Waals surface area contributed by atoms with Crippen LogP contribution in [0.15, 0.2) is 48.5 Å². The van der Waals surface area contributed by atoms with Crippen LogP contribution in [0.25, 0.3) is 0 Å². The van der Waals surface area contributed by atoms with Gasteiger partial charge in [-0.2, -0.15) is 0 Å². The van der Waals surface area contributed by atoms with Crippen molar-refractivity contribution in [2.45, 2.75) is 59.2 Å². The Morgan fingerprint density at radius 1 is 1.06 bits per heavy atom. The number of hydrogen-bond donors (Lipinski definition) is 1. The summed E-state index contributed by atoms with van der Waals surface area (Å²) in [5, 5.41) is 3.00. The summed E-state index contributed by atoms with van der Waals surface area (Å²) in [7, 11) is 1.61. The normalized spacial score (nSPS) is 12.1. The SMILES string of the molecule is CC[C@H](C(=O)NC(C)(C)C)N(Cc1ccc(OC)cc1)C(=O)COc1cccc(C)c1. The van der Waals surface area contributed by atoms with Crippen LogP contribution in [0, 0.1) is 6.92 Å². The van der Waals surface area contributed by atoms with Gasteiger partial charge in [-0.05, 0) is 69.5 Å². The summed E-state index contributed by atoms with van der Waals surface area (Å²) in [4.78, 5) is 27.8. The Balaban J connectivity index is 2.23. The zero-order chi connectivity index (χ0) is 23.0. The third-order valence-corrected chi connectivity index (χ3v) is 4.75. The highest BCUT2D eigenvalue weighted by Gasteiger charge is 2.30. The van der Waals surface area contributed by atoms with Crippen molar-refractivity contribution in [3.63, 3.8) is 0 Å². The molecule has 168 valence electrons. The second-order valence-corrected chi connectivity index (χ2v) is 8.64. The molecule has 0 aromatic heterocycles. The van der Waals surface area contributed by atoms with Crippen LogP contribution in [0.5, 0.6) is 11.5 Å². The topological polar surface area (TPSA) is 67.9 Å². The van der Waals surface area contributed by atoms with Crippen LogP contribution in [0.3, 0.4) is 0 Å².